The number of ether oxygens (including phenoxy) is 1. The minimum absolute atomic E-state index is 0.123. The molecule has 2 aromatic heterocycles. The highest BCUT2D eigenvalue weighted by molar-refractivity contribution is 8.18. The van der Waals surface area contributed by atoms with Gasteiger partial charge in [-0.1, -0.05) is 30.3 Å². The molecule has 8 nitrogen and oxygen atoms in total. The van der Waals surface area contributed by atoms with Gasteiger partial charge in [-0.05, 0) is 74.5 Å². The van der Waals surface area contributed by atoms with Crippen molar-refractivity contribution in [3.8, 4) is 0 Å². The molecule has 0 radical (unpaired) electrons. The number of hydrogen-bond donors (Lipinski definition) is 0. The van der Waals surface area contributed by atoms with Crippen LogP contribution in [-0.4, -0.2) is 50.6 Å². The van der Waals surface area contributed by atoms with Gasteiger partial charge in [-0.2, -0.15) is 4.68 Å². The van der Waals surface area contributed by atoms with Crippen molar-refractivity contribution in [2.45, 2.75) is 20.8 Å². The molecule has 1 amide bonds. The zero-order valence-corrected chi connectivity index (χ0v) is 22.0. The van der Waals surface area contributed by atoms with E-state index in [2.05, 4.69) is 4.98 Å². The summed E-state index contributed by atoms with van der Waals surface area (Å²) < 4.78 is 8.67. The molecule has 1 fully saturated rings. The van der Waals surface area contributed by atoms with Crippen LogP contribution in [0.2, 0.25) is 0 Å². The SMILES string of the molecule is COCCN1C(=O)C(=Cc2cc(C)n(-n3c(C)nc4ccccc4c3=O)c2C)SC1=Nc1ccccc1. The fraction of sp³-hybridized carbons (Fsp3) is 0.214. The Morgan fingerprint density at radius 3 is 2.49 bits per heavy atom. The quantitative estimate of drug-likeness (QED) is 0.350. The lowest BCUT2D eigenvalue weighted by Gasteiger charge is -2.16. The van der Waals surface area contributed by atoms with Gasteiger partial charge in [0.15, 0.2) is 5.17 Å². The lowest BCUT2D eigenvalue weighted by Crippen LogP contribution is -2.32. The number of carbonyl (C=O) groups is 1. The largest absolute Gasteiger partial charge is 0.383 e. The van der Waals surface area contributed by atoms with Gasteiger partial charge in [0, 0.05) is 18.5 Å². The first-order valence-electron chi connectivity index (χ1n) is 11.9. The maximum absolute atomic E-state index is 13.4. The molecule has 0 saturated carbocycles. The fourth-order valence-electron chi connectivity index (χ4n) is 4.43. The number of thioether (sulfide) groups is 1. The molecule has 0 atom stereocenters. The molecular formula is C28H27N5O3S. The van der Waals surface area contributed by atoms with Gasteiger partial charge in [-0.3, -0.25) is 19.2 Å². The van der Waals surface area contributed by atoms with Crippen molar-refractivity contribution >= 4 is 45.5 Å². The van der Waals surface area contributed by atoms with E-state index in [0.717, 1.165) is 22.6 Å². The number of nitrogens with zero attached hydrogens (tertiary/aromatic N) is 5. The Morgan fingerprint density at radius 1 is 1.00 bits per heavy atom. The van der Waals surface area contributed by atoms with Crippen molar-refractivity contribution in [2.75, 3.05) is 20.3 Å². The second kappa shape index (κ2) is 10.2. The standard InChI is InChI=1S/C28H27N5O3S/c1-18-16-21(19(2)32(18)33-20(3)29-24-13-9-8-12-23(24)26(33)34)17-25-27(35)31(14-15-36-4)28(37-25)30-22-10-6-5-7-11-22/h5-13,16-17H,14-15H2,1-4H3. The van der Waals surface area contributed by atoms with Crippen LogP contribution in [0.3, 0.4) is 0 Å². The van der Waals surface area contributed by atoms with Crippen molar-refractivity contribution in [2.24, 2.45) is 4.99 Å². The van der Waals surface area contributed by atoms with E-state index in [0.29, 0.717) is 40.0 Å². The minimum atomic E-state index is -0.140. The summed E-state index contributed by atoms with van der Waals surface area (Å²) in [7, 11) is 1.61. The summed E-state index contributed by atoms with van der Waals surface area (Å²) in [5.74, 6) is 0.460. The number of carbonyl (C=O) groups excluding carboxylic acids is 1. The van der Waals surface area contributed by atoms with E-state index in [1.165, 1.54) is 11.8 Å². The zero-order valence-electron chi connectivity index (χ0n) is 21.1. The van der Waals surface area contributed by atoms with Crippen LogP contribution in [0, 0.1) is 20.8 Å². The van der Waals surface area contributed by atoms with Gasteiger partial charge < -0.3 is 4.74 Å². The van der Waals surface area contributed by atoms with Gasteiger partial charge in [0.25, 0.3) is 11.5 Å². The predicted octanol–water partition coefficient (Wildman–Crippen LogP) is 4.69. The number of benzene rings is 2. The Bertz CT molecular complexity index is 1620. The summed E-state index contributed by atoms with van der Waals surface area (Å²) in [6.07, 6.45) is 1.87. The number of aliphatic imine (C=N–C) groups is 1. The number of rotatable bonds is 6. The molecule has 5 rings (SSSR count). The lowest BCUT2D eigenvalue weighted by molar-refractivity contribution is -0.122. The smallest absolute Gasteiger partial charge is 0.280 e. The number of aromatic nitrogens is 3. The zero-order chi connectivity index (χ0) is 26.1. The molecule has 0 spiro atoms. The number of fused-ring (bicyclic) bond motifs is 1. The number of para-hydroxylation sites is 2. The van der Waals surface area contributed by atoms with Crippen molar-refractivity contribution in [1.82, 2.24) is 19.2 Å². The highest BCUT2D eigenvalue weighted by atomic mass is 32.2. The van der Waals surface area contributed by atoms with Gasteiger partial charge in [0.2, 0.25) is 0 Å². The van der Waals surface area contributed by atoms with Crippen LogP contribution < -0.4 is 5.56 Å². The summed E-state index contributed by atoms with van der Waals surface area (Å²) in [5, 5.41) is 1.16. The van der Waals surface area contributed by atoms with E-state index in [1.54, 1.807) is 22.8 Å². The maximum atomic E-state index is 13.4. The van der Waals surface area contributed by atoms with E-state index >= 15 is 0 Å². The summed E-state index contributed by atoms with van der Waals surface area (Å²) in [4.78, 5) is 38.3. The molecule has 4 aromatic rings. The van der Waals surface area contributed by atoms with Gasteiger partial charge >= 0.3 is 0 Å². The van der Waals surface area contributed by atoms with Crippen LogP contribution in [0.25, 0.3) is 17.0 Å². The Hall–Kier alpha value is -3.95. The minimum Gasteiger partial charge on any atom is -0.383 e. The molecule has 0 N–H and O–H groups in total. The average molecular weight is 514 g/mol. The van der Waals surface area contributed by atoms with Crippen LogP contribution in [0.1, 0.15) is 22.8 Å². The van der Waals surface area contributed by atoms with Crippen LogP contribution in [-0.2, 0) is 9.53 Å². The van der Waals surface area contributed by atoms with Gasteiger partial charge in [0.05, 0.1) is 34.6 Å². The Labute approximate surface area is 218 Å². The summed E-state index contributed by atoms with van der Waals surface area (Å²) in [5.41, 5.74) is 3.84. The molecule has 0 unspecified atom stereocenters. The molecule has 9 heteroatoms. The van der Waals surface area contributed by atoms with Crippen LogP contribution >= 0.6 is 11.8 Å². The molecule has 0 bridgehead atoms. The molecule has 37 heavy (non-hydrogen) atoms. The molecule has 3 heterocycles. The predicted molar refractivity (Wildman–Crippen MR) is 148 cm³/mol. The number of hydrogen-bond acceptors (Lipinski definition) is 6. The third kappa shape index (κ3) is 4.63. The van der Waals surface area contributed by atoms with Crippen LogP contribution in [0.5, 0.6) is 0 Å². The first-order valence-corrected chi connectivity index (χ1v) is 12.7. The number of amidine groups is 1. The Morgan fingerprint density at radius 2 is 1.73 bits per heavy atom. The first-order chi connectivity index (χ1) is 17.9. The summed E-state index contributed by atoms with van der Waals surface area (Å²) in [6, 6.07) is 18.9. The second-order valence-corrected chi connectivity index (χ2v) is 9.73. The second-order valence-electron chi connectivity index (χ2n) is 8.72. The third-order valence-corrected chi connectivity index (χ3v) is 7.23. The Balaban J connectivity index is 1.57. The fourth-order valence-corrected chi connectivity index (χ4v) is 5.44. The first kappa shape index (κ1) is 24.7. The molecule has 188 valence electrons. The number of aryl methyl sites for hydroxylation is 2. The molecular weight excluding hydrogens is 486 g/mol. The van der Waals surface area contributed by atoms with Crippen molar-refractivity contribution < 1.29 is 9.53 Å². The Kier molecular flexibility index (Phi) is 6.82. The highest BCUT2D eigenvalue weighted by Crippen LogP contribution is 2.35. The summed E-state index contributed by atoms with van der Waals surface area (Å²) >= 11 is 1.34. The third-order valence-electron chi connectivity index (χ3n) is 6.22. The topological polar surface area (TPSA) is 81.7 Å². The van der Waals surface area contributed by atoms with E-state index in [1.807, 2.05) is 86.1 Å². The molecule has 1 aliphatic rings. The summed E-state index contributed by atoms with van der Waals surface area (Å²) in [6.45, 7) is 6.50. The van der Waals surface area contributed by atoms with E-state index in [9.17, 15) is 9.59 Å². The lowest BCUT2D eigenvalue weighted by atomic mass is 10.2. The van der Waals surface area contributed by atoms with E-state index < -0.39 is 0 Å². The normalized spacial score (nSPS) is 16.0. The molecule has 1 saturated heterocycles. The van der Waals surface area contributed by atoms with Crippen molar-refractivity contribution in [3.05, 3.63) is 98.7 Å². The van der Waals surface area contributed by atoms with Crippen LogP contribution in [0.4, 0.5) is 5.69 Å². The molecule has 1 aliphatic heterocycles. The van der Waals surface area contributed by atoms with E-state index in [4.69, 9.17) is 9.73 Å². The molecule has 2 aromatic carbocycles. The number of amides is 1. The molecule has 0 aliphatic carbocycles. The van der Waals surface area contributed by atoms with Gasteiger partial charge in [-0.15, -0.1) is 0 Å². The van der Waals surface area contributed by atoms with Crippen LogP contribution in [0.15, 0.2) is 75.4 Å². The maximum Gasteiger partial charge on any atom is 0.280 e. The average Bonchev–Trinajstić information content (AvgIpc) is 3.33. The van der Waals surface area contributed by atoms with Crippen molar-refractivity contribution in [1.29, 1.82) is 0 Å². The van der Waals surface area contributed by atoms with E-state index in [-0.39, 0.29) is 11.5 Å². The van der Waals surface area contributed by atoms with Gasteiger partial charge in [-0.25, -0.2) is 9.98 Å². The monoisotopic (exact) mass is 513 g/mol. The van der Waals surface area contributed by atoms with Crippen molar-refractivity contribution in [3.63, 3.8) is 0 Å². The number of methoxy groups -OCH3 is 1. The van der Waals surface area contributed by atoms with Gasteiger partial charge in [0.1, 0.15) is 5.82 Å². The highest BCUT2D eigenvalue weighted by Gasteiger charge is 2.33.